The van der Waals surface area contributed by atoms with E-state index in [2.05, 4.69) is 0 Å². The van der Waals surface area contributed by atoms with Crippen LogP contribution in [-0.2, 0) is 6.42 Å². The van der Waals surface area contributed by atoms with Gasteiger partial charge < -0.3 is 10.2 Å². The van der Waals surface area contributed by atoms with Crippen molar-refractivity contribution >= 4 is 0 Å². The Labute approximate surface area is 84.3 Å². The molecule has 1 rings (SSSR count). The Kier molecular flexibility index (Phi) is 3.00. The summed E-state index contributed by atoms with van der Waals surface area (Å²) in [5.41, 5.74) is 4.52. The zero-order valence-corrected chi connectivity index (χ0v) is 9.01. The van der Waals surface area contributed by atoms with Gasteiger partial charge in [-0.05, 0) is 17.0 Å². The summed E-state index contributed by atoms with van der Waals surface area (Å²) in [5, 5.41) is 0. The fraction of sp³-hybridized carbons (Fsp3) is 0.636. The van der Waals surface area contributed by atoms with Crippen LogP contribution in [0, 0.1) is 5.41 Å². The molecule has 0 bridgehead atoms. The smallest absolute Gasteiger partial charge is 0.132 e. The highest BCUT2D eigenvalue weighted by Crippen LogP contribution is 2.36. The van der Waals surface area contributed by atoms with E-state index in [4.69, 9.17) is 10.2 Å². The highest BCUT2D eigenvalue weighted by atomic mass is 19.1. The lowest BCUT2D eigenvalue weighted by atomic mass is 9.75. The van der Waals surface area contributed by atoms with Gasteiger partial charge >= 0.3 is 0 Å². The van der Waals surface area contributed by atoms with Crippen molar-refractivity contribution in [1.29, 1.82) is 0 Å². The first-order valence-electron chi connectivity index (χ1n) is 4.79. The van der Waals surface area contributed by atoms with Gasteiger partial charge in [-0.15, -0.1) is 0 Å². The average molecular weight is 199 g/mol. The van der Waals surface area contributed by atoms with Gasteiger partial charge in [-0.2, -0.15) is 0 Å². The molecule has 0 radical (unpaired) electrons. The maximum atomic E-state index is 14.4. The molecule has 0 saturated heterocycles. The van der Waals surface area contributed by atoms with Crippen LogP contribution < -0.4 is 5.73 Å². The first kappa shape index (κ1) is 11.2. The second kappa shape index (κ2) is 3.73. The molecule has 0 aliphatic carbocycles. The molecule has 3 heteroatoms. The standard InChI is InChI=1S/C11H18FNO/c1-10(2,3)11(12,8-13)6-9-4-5-14-7-9/h4-5,7H,6,8,13H2,1-3H3. The summed E-state index contributed by atoms with van der Waals surface area (Å²) in [4.78, 5) is 0. The van der Waals surface area contributed by atoms with Crippen LogP contribution in [0.1, 0.15) is 26.3 Å². The van der Waals surface area contributed by atoms with Gasteiger partial charge in [-0.3, -0.25) is 0 Å². The highest BCUT2D eigenvalue weighted by Gasteiger charge is 2.41. The number of hydrogen-bond acceptors (Lipinski definition) is 2. The molecule has 80 valence electrons. The van der Waals surface area contributed by atoms with Crippen LogP contribution in [0.15, 0.2) is 23.0 Å². The summed E-state index contributed by atoms with van der Waals surface area (Å²) >= 11 is 0. The van der Waals surface area contributed by atoms with E-state index in [1.807, 2.05) is 20.8 Å². The topological polar surface area (TPSA) is 39.2 Å². The molecule has 1 heterocycles. The number of alkyl halides is 1. The largest absolute Gasteiger partial charge is 0.472 e. The molecular formula is C11H18FNO. The monoisotopic (exact) mass is 199 g/mol. The fourth-order valence-electron chi connectivity index (χ4n) is 1.36. The number of halogens is 1. The Hall–Kier alpha value is -0.830. The van der Waals surface area contributed by atoms with Crippen molar-refractivity contribution in [3.05, 3.63) is 24.2 Å². The molecule has 1 aromatic heterocycles. The fourth-order valence-corrected chi connectivity index (χ4v) is 1.36. The van der Waals surface area contributed by atoms with Crippen LogP contribution >= 0.6 is 0 Å². The molecule has 0 aromatic carbocycles. The van der Waals surface area contributed by atoms with Gasteiger partial charge in [0.15, 0.2) is 0 Å². The van der Waals surface area contributed by atoms with E-state index < -0.39 is 11.1 Å². The number of rotatable bonds is 3. The van der Waals surface area contributed by atoms with E-state index >= 15 is 0 Å². The molecule has 2 nitrogen and oxygen atoms in total. The van der Waals surface area contributed by atoms with Crippen molar-refractivity contribution in [3.8, 4) is 0 Å². The molecule has 0 aliphatic rings. The molecule has 1 unspecified atom stereocenters. The zero-order chi connectivity index (χ0) is 10.8. The van der Waals surface area contributed by atoms with E-state index in [1.54, 1.807) is 18.6 Å². The van der Waals surface area contributed by atoms with Gasteiger partial charge in [0.25, 0.3) is 0 Å². The molecule has 0 fully saturated rings. The van der Waals surface area contributed by atoms with Gasteiger partial charge in [0, 0.05) is 13.0 Å². The lowest BCUT2D eigenvalue weighted by molar-refractivity contribution is 0.0381. The van der Waals surface area contributed by atoms with E-state index in [0.717, 1.165) is 5.56 Å². The number of nitrogens with two attached hydrogens (primary N) is 1. The second-order valence-electron chi connectivity index (χ2n) is 4.73. The van der Waals surface area contributed by atoms with Gasteiger partial charge in [0.2, 0.25) is 0 Å². The van der Waals surface area contributed by atoms with Crippen molar-refractivity contribution in [2.45, 2.75) is 32.9 Å². The predicted molar refractivity (Wildman–Crippen MR) is 54.8 cm³/mol. The summed E-state index contributed by atoms with van der Waals surface area (Å²) in [7, 11) is 0. The van der Waals surface area contributed by atoms with Crippen LogP contribution in [0.5, 0.6) is 0 Å². The first-order valence-corrected chi connectivity index (χ1v) is 4.79. The third kappa shape index (κ3) is 2.15. The molecule has 14 heavy (non-hydrogen) atoms. The van der Waals surface area contributed by atoms with E-state index in [1.165, 1.54) is 0 Å². The molecule has 0 amide bonds. The molecular weight excluding hydrogens is 181 g/mol. The summed E-state index contributed by atoms with van der Waals surface area (Å²) in [5.74, 6) is 0. The van der Waals surface area contributed by atoms with Gasteiger partial charge in [-0.25, -0.2) is 4.39 Å². The van der Waals surface area contributed by atoms with E-state index in [0.29, 0.717) is 6.42 Å². The minimum atomic E-state index is -1.38. The van der Waals surface area contributed by atoms with E-state index in [9.17, 15) is 4.39 Å². The SMILES string of the molecule is CC(C)(C)C(F)(CN)Cc1ccoc1. The molecule has 1 atom stereocenters. The normalized spacial score (nSPS) is 16.6. The Morgan fingerprint density at radius 1 is 1.43 bits per heavy atom. The maximum absolute atomic E-state index is 14.4. The first-order chi connectivity index (χ1) is 6.39. The van der Waals surface area contributed by atoms with Crippen LogP contribution in [0.25, 0.3) is 0 Å². The third-order valence-corrected chi connectivity index (χ3v) is 2.73. The van der Waals surface area contributed by atoms with Crippen LogP contribution in [0.3, 0.4) is 0 Å². The number of furan rings is 1. The Morgan fingerprint density at radius 2 is 2.07 bits per heavy atom. The third-order valence-electron chi connectivity index (χ3n) is 2.73. The van der Waals surface area contributed by atoms with Crippen molar-refractivity contribution in [2.75, 3.05) is 6.54 Å². The van der Waals surface area contributed by atoms with Gasteiger partial charge in [-0.1, -0.05) is 20.8 Å². The van der Waals surface area contributed by atoms with Crippen molar-refractivity contribution in [1.82, 2.24) is 0 Å². The molecule has 0 spiro atoms. The summed E-state index contributed by atoms with van der Waals surface area (Å²) in [6, 6.07) is 1.77. The average Bonchev–Trinajstić information content (AvgIpc) is 2.54. The van der Waals surface area contributed by atoms with Crippen molar-refractivity contribution < 1.29 is 8.81 Å². The summed E-state index contributed by atoms with van der Waals surface area (Å²) in [6.07, 6.45) is 3.42. The van der Waals surface area contributed by atoms with Crippen LogP contribution in [-0.4, -0.2) is 12.2 Å². The molecule has 1 aromatic rings. The lowest BCUT2D eigenvalue weighted by Gasteiger charge is -2.36. The molecule has 0 aliphatic heterocycles. The van der Waals surface area contributed by atoms with Crippen LogP contribution in [0.4, 0.5) is 4.39 Å². The van der Waals surface area contributed by atoms with Crippen LogP contribution in [0.2, 0.25) is 0 Å². The van der Waals surface area contributed by atoms with Crippen molar-refractivity contribution in [3.63, 3.8) is 0 Å². The Balaban J connectivity index is 2.82. The minimum Gasteiger partial charge on any atom is -0.472 e. The highest BCUT2D eigenvalue weighted by molar-refractivity contribution is 5.12. The van der Waals surface area contributed by atoms with E-state index in [-0.39, 0.29) is 6.54 Å². The second-order valence-corrected chi connectivity index (χ2v) is 4.73. The lowest BCUT2D eigenvalue weighted by Crippen LogP contribution is -2.46. The molecule has 2 N–H and O–H groups in total. The summed E-state index contributed by atoms with van der Waals surface area (Å²) < 4.78 is 19.3. The maximum Gasteiger partial charge on any atom is 0.132 e. The van der Waals surface area contributed by atoms with Gasteiger partial charge in [0.1, 0.15) is 5.67 Å². The number of hydrogen-bond donors (Lipinski definition) is 1. The summed E-state index contributed by atoms with van der Waals surface area (Å²) in [6.45, 7) is 5.61. The Morgan fingerprint density at radius 3 is 2.43 bits per heavy atom. The Bertz CT molecular complexity index is 276. The quantitative estimate of drug-likeness (QED) is 0.812. The predicted octanol–water partition coefficient (Wildman–Crippen LogP) is 2.54. The van der Waals surface area contributed by atoms with Crippen molar-refractivity contribution in [2.24, 2.45) is 11.1 Å². The molecule has 0 saturated carbocycles. The van der Waals surface area contributed by atoms with Gasteiger partial charge in [0.05, 0.1) is 12.5 Å². The zero-order valence-electron chi connectivity index (χ0n) is 9.01. The minimum absolute atomic E-state index is 0.0294.